The zero-order valence-electron chi connectivity index (χ0n) is 10.8. The van der Waals surface area contributed by atoms with Crippen LogP contribution in [0.15, 0.2) is 0 Å². The van der Waals surface area contributed by atoms with Crippen molar-refractivity contribution >= 4 is 0 Å². The van der Waals surface area contributed by atoms with E-state index < -0.39 is 0 Å². The van der Waals surface area contributed by atoms with E-state index in [4.69, 9.17) is 0 Å². The largest absolute Gasteiger partial charge is 0.0648 e. The van der Waals surface area contributed by atoms with Gasteiger partial charge in [0.1, 0.15) is 0 Å². The van der Waals surface area contributed by atoms with E-state index in [0.717, 1.165) is 29.1 Å². The molecule has 0 aromatic rings. The lowest BCUT2D eigenvalue weighted by atomic mass is 9.56. The van der Waals surface area contributed by atoms with Gasteiger partial charge in [-0.15, -0.1) is 0 Å². The molecule has 4 atom stereocenters. The van der Waals surface area contributed by atoms with E-state index in [0.29, 0.717) is 5.41 Å². The van der Waals surface area contributed by atoms with Crippen molar-refractivity contribution in [3.63, 3.8) is 0 Å². The van der Waals surface area contributed by atoms with E-state index in [9.17, 15) is 0 Å². The second-order valence-corrected chi connectivity index (χ2v) is 7.08. The Labute approximate surface area is 94.8 Å². The molecular formula is C15H26. The van der Waals surface area contributed by atoms with Gasteiger partial charge in [0.15, 0.2) is 0 Å². The molecule has 0 aliphatic heterocycles. The van der Waals surface area contributed by atoms with Gasteiger partial charge in [0.05, 0.1) is 0 Å². The Morgan fingerprint density at radius 3 is 2.40 bits per heavy atom. The molecule has 3 saturated carbocycles. The van der Waals surface area contributed by atoms with Gasteiger partial charge in [-0.3, -0.25) is 0 Å². The molecule has 2 unspecified atom stereocenters. The zero-order chi connectivity index (χ0) is 10.8. The van der Waals surface area contributed by atoms with Gasteiger partial charge in [0.25, 0.3) is 0 Å². The Morgan fingerprint density at radius 2 is 1.93 bits per heavy atom. The van der Waals surface area contributed by atoms with Crippen LogP contribution in [0.4, 0.5) is 0 Å². The number of rotatable bonds is 2. The molecule has 3 aliphatic carbocycles. The lowest BCUT2D eigenvalue weighted by Gasteiger charge is -2.49. The Kier molecular flexibility index (Phi) is 1.91. The average molecular weight is 206 g/mol. The highest BCUT2D eigenvalue weighted by atomic mass is 14.7. The predicted octanol–water partition coefficient (Wildman–Crippen LogP) is 4.49. The van der Waals surface area contributed by atoms with Crippen molar-refractivity contribution in [3.8, 4) is 0 Å². The molecule has 0 heteroatoms. The number of hydrogen-bond donors (Lipinski definition) is 0. The van der Waals surface area contributed by atoms with E-state index in [-0.39, 0.29) is 0 Å². The lowest BCUT2D eigenvalue weighted by Crippen LogP contribution is -2.41. The maximum absolute atomic E-state index is 2.56. The van der Waals surface area contributed by atoms with Crippen LogP contribution in [0.2, 0.25) is 0 Å². The second-order valence-electron chi connectivity index (χ2n) is 7.08. The van der Waals surface area contributed by atoms with E-state index in [1.807, 2.05) is 0 Å². The molecule has 0 aromatic heterocycles. The third-order valence-electron chi connectivity index (χ3n) is 6.56. The first-order valence-electron chi connectivity index (χ1n) is 7.06. The molecule has 0 heterocycles. The van der Waals surface area contributed by atoms with Crippen LogP contribution in [0.3, 0.4) is 0 Å². The molecule has 0 nitrogen and oxygen atoms in total. The third kappa shape index (κ3) is 1.14. The van der Waals surface area contributed by atoms with Crippen molar-refractivity contribution < 1.29 is 0 Å². The van der Waals surface area contributed by atoms with Crippen LogP contribution in [0.25, 0.3) is 0 Å². The molecule has 0 amide bonds. The molecule has 86 valence electrons. The smallest absolute Gasteiger partial charge is 0.0243 e. The average Bonchev–Trinajstić information content (AvgIpc) is 3.05. The van der Waals surface area contributed by atoms with Crippen LogP contribution in [-0.2, 0) is 0 Å². The third-order valence-corrected chi connectivity index (χ3v) is 6.56. The highest BCUT2D eigenvalue weighted by Gasteiger charge is 2.68. The van der Waals surface area contributed by atoms with Crippen LogP contribution < -0.4 is 0 Å². The summed E-state index contributed by atoms with van der Waals surface area (Å²) in [7, 11) is 0. The highest BCUT2D eigenvalue weighted by molar-refractivity contribution is 5.17. The lowest BCUT2D eigenvalue weighted by molar-refractivity contribution is -0.0000232. The first-order valence-corrected chi connectivity index (χ1v) is 7.06. The summed E-state index contributed by atoms with van der Waals surface area (Å²) >= 11 is 0. The summed E-state index contributed by atoms with van der Waals surface area (Å²) < 4.78 is 0. The fraction of sp³-hybridized carbons (Fsp3) is 1.00. The van der Waals surface area contributed by atoms with Crippen LogP contribution >= 0.6 is 0 Å². The number of hydrogen-bond acceptors (Lipinski definition) is 0. The van der Waals surface area contributed by atoms with Crippen LogP contribution in [0, 0.1) is 34.5 Å². The first kappa shape index (κ1) is 10.2. The SMILES string of the molecule is CCC1(C(C)C)CC2(CC2)C2C[C@@H]2[C@@H]1C. The van der Waals surface area contributed by atoms with Gasteiger partial charge in [0, 0.05) is 0 Å². The highest BCUT2D eigenvalue weighted by Crippen LogP contribution is 2.77. The van der Waals surface area contributed by atoms with Gasteiger partial charge < -0.3 is 0 Å². The van der Waals surface area contributed by atoms with Crippen LogP contribution in [0.1, 0.15) is 59.8 Å². The minimum atomic E-state index is 0.689. The molecule has 3 aliphatic rings. The summed E-state index contributed by atoms with van der Waals surface area (Å²) in [5.74, 6) is 4.16. The fourth-order valence-corrected chi connectivity index (χ4v) is 5.14. The maximum Gasteiger partial charge on any atom is -0.0243 e. The Balaban J connectivity index is 1.93. The van der Waals surface area contributed by atoms with E-state index in [1.54, 1.807) is 25.7 Å². The van der Waals surface area contributed by atoms with Crippen molar-refractivity contribution in [1.82, 2.24) is 0 Å². The van der Waals surface area contributed by atoms with Crippen LogP contribution in [-0.4, -0.2) is 0 Å². The zero-order valence-corrected chi connectivity index (χ0v) is 10.8. The first-order chi connectivity index (χ1) is 7.06. The minimum Gasteiger partial charge on any atom is -0.0648 e. The van der Waals surface area contributed by atoms with Gasteiger partial charge >= 0.3 is 0 Å². The molecule has 1 spiro atoms. The molecule has 0 aromatic carbocycles. The van der Waals surface area contributed by atoms with Crippen molar-refractivity contribution in [2.75, 3.05) is 0 Å². The molecule has 3 fully saturated rings. The predicted molar refractivity (Wildman–Crippen MR) is 64.6 cm³/mol. The van der Waals surface area contributed by atoms with Gasteiger partial charge in [-0.2, -0.15) is 0 Å². The molecule has 15 heavy (non-hydrogen) atoms. The summed E-state index contributed by atoms with van der Waals surface area (Å²) in [5, 5.41) is 0. The quantitative estimate of drug-likeness (QED) is 0.624. The normalized spacial score (nSPS) is 50.6. The van der Waals surface area contributed by atoms with E-state index in [2.05, 4.69) is 27.7 Å². The van der Waals surface area contributed by atoms with Gasteiger partial charge in [-0.1, -0.05) is 27.7 Å². The molecule has 3 rings (SSSR count). The second kappa shape index (κ2) is 2.81. The maximum atomic E-state index is 2.56. The molecule has 0 N–H and O–H groups in total. The van der Waals surface area contributed by atoms with Gasteiger partial charge in [-0.25, -0.2) is 0 Å². The minimum absolute atomic E-state index is 0.689. The topological polar surface area (TPSA) is 0 Å². The molecular weight excluding hydrogens is 180 g/mol. The van der Waals surface area contributed by atoms with E-state index in [1.165, 1.54) is 6.42 Å². The van der Waals surface area contributed by atoms with Crippen molar-refractivity contribution in [3.05, 3.63) is 0 Å². The van der Waals surface area contributed by atoms with Crippen molar-refractivity contribution in [2.24, 2.45) is 34.5 Å². The fourth-order valence-electron chi connectivity index (χ4n) is 5.14. The summed E-state index contributed by atoms with van der Waals surface area (Å²) in [4.78, 5) is 0. The summed E-state index contributed by atoms with van der Waals surface area (Å²) in [6.07, 6.45) is 7.69. The molecule has 0 bridgehead atoms. The van der Waals surface area contributed by atoms with Gasteiger partial charge in [-0.05, 0) is 66.6 Å². The summed E-state index contributed by atoms with van der Waals surface area (Å²) in [6.45, 7) is 9.94. The summed E-state index contributed by atoms with van der Waals surface area (Å²) in [5.41, 5.74) is 1.55. The van der Waals surface area contributed by atoms with Crippen molar-refractivity contribution in [1.29, 1.82) is 0 Å². The van der Waals surface area contributed by atoms with Crippen molar-refractivity contribution in [2.45, 2.75) is 59.8 Å². The summed E-state index contributed by atoms with van der Waals surface area (Å²) in [6, 6.07) is 0. The molecule has 0 radical (unpaired) electrons. The Morgan fingerprint density at radius 1 is 1.27 bits per heavy atom. The Bertz CT molecular complexity index is 274. The van der Waals surface area contributed by atoms with Gasteiger partial charge in [0.2, 0.25) is 0 Å². The monoisotopic (exact) mass is 206 g/mol. The van der Waals surface area contributed by atoms with E-state index >= 15 is 0 Å². The molecule has 0 saturated heterocycles. The standard InChI is InChI=1S/C15H26/c1-5-15(10(2)3)9-14(6-7-14)13-8-12(13)11(15)4/h10-13H,5-9H2,1-4H3/t11-,12+,13?,15?/m0/s1. The Hall–Kier alpha value is 0. The van der Waals surface area contributed by atoms with Crippen LogP contribution in [0.5, 0.6) is 0 Å². The number of fused-ring (bicyclic) bond motifs is 2.